The zero-order valence-corrected chi connectivity index (χ0v) is 14.2. The molecule has 25 heavy (non-hydrogen) atoms. The van der Waals surface area contributed by atoms with Gasteiger partial charge in [-0.15, -0.1) is 0 Å². The van der Waals surface area contributed by atoms with E-state index in [1.54, 1.807) is 6.07 Å². The number of benzene rings is 2. The quantitative estimate of drug-likeness (QED) is 0.889. The van der Waals surface area contributed by atoms with Gasteiger partial charge in [0, 0.05) is 12.5 Å². The minimum atomic E-state index is -4.10. The molecule has 0 fully saturated rings. The molecule has 8 heteroatoms. The second-order valence-electron chi connectivity index (χ2n) is 5.92. The van der Waals surface area contributed by atoms with Crippen LogP contribution in [0.3, 0.4) is 0 Å². The number of rotatable bonds is 4. The summed E-state index contributed by atoms with van der Waals surface area (Å²) in [7, 11) is -4.10. The van der Waals surface area contributed by atoms with Gasteiger partial charge in [0.2, 0.25) is 0 Å². The highest BCUT2D eigenvalue weighted by molar-refractivity contribution is 7.92. The summed E-state index contributed by atoms with van der Waals surface area (Å²) in [5, 5.41) is 0. The first-order chi connectivity index (χ1) is 11.7. The number of hydrogen-bond acceptors (Lipinski definition) is 3. The molecule has 0 unspecified atom stereocenters. The molecule has 0 saturated heterocycles. The fourth-order valence-corrected chi connectivity index (χ4v) is 3.81. The molecule has 1 heterocycles. The van der Waals surface area contributed by atoms with Crippen LogP contribution in [0, 0.1) is 5.82 Å². The van der Waals surface area contributed by atoms with Crippen LogP contribution in [0.15, 0.2) is 41.3 Å². The van der Waals surface area contributed by atoms with Crippen LogP contribution in [-0.2, 0) is 33.7 Å². The Bertz CT molecular complexity index is 908. The smallest absolute Gasteiger partial charge is 0.272 e. The second-order valence-corrected chi connectivity index (χ2v) is 7.60. The molecule has 3 rings (SSSR count). The molecule has 0 aliphatic carbocycles. The Balaban J connectivity index is 1.98. The summed E-state index contributed by atoms with van der Waals surface area (Å²) in [6.07, 6.45) is 0.688. The van der Waals surface area contributed by atoms with Crippen molar-refractivity contribution in [1.29, 1.82) is 0 Å². The first-order valence-electron chi connectivity index (χ1n) is 7.57. The van der Waals surface area contributed by atoms with Crippen molar-refractivity contribution >= 4 is 15.7 Å². The van der Waals surface area contributed by atoms with Crippen LogP contribution in [0.1, 0.15) is 23.6 Å². The van der Waals surface area contributed by atoms with Gasteiger partial charge in [0.1, 0.15) is 5.82 Å². The van der Waals surface area contributed by atoms with Crippen LogP contribution in [0.25, 0.3) is 0 Å². The van der Waals surface area contributed by atoms with Crippen molar-refractivity contribution in [3.05, 3.63) is 58.9 Å². The van der Waals surface area contributed by atoms with Crippen molar-refractivity contribution in [2.45, 2.75) is 30.8 Å². The van der Waals surface area contributed by atoms with Gasteiger partial charge in [-0.3, -0.25) is 4.72 Å². The highest BCUT2D eigenvalue weighted by atomic mass is 32.2. The third kappa shape index (κ3) is 3.80. The summed E-state index contributed by atoms with van der Waals surface area (Å²) in [6, 6.07) is 7.10. The predicted octanol–water partition coefficient (Wildman–Crippen LogP) is 3.81. The molecule has 0 saturated carbocycles. The van der Waals surface area contributed by atoms with E-state index >= 15 is 0 Å². The maximum absolute atomic E-state index is 13.7. The van der Waals surface area contributed by atoms with E-state index in [9.17, 15) is 21.6 Å². The summed E-state index contributed by atoms with van der Waals surface area (Å²) in [5.74, 6) is -4.27. The number of alkyl halides is 2. The number of ether oxygens (including phenoxy) is 1. The Morgan fingerprint density at radius 2 is 1.88 bits per heavy atom. The summed E-state index contributed by atoms with van der Waals surface area (Å²) in [4.78, 5) is -0.0635. The Morgan fingerprint density at radius 1 is 1.12 bits per heavy atom. The van der Waals surface area contributed by atoms with Gasteiger partial charge < -0.3 is 4.74 Å². The van der Waals surface area contributed by atoms with Crippen molar-refractivity contribution in [2.75, 3.05) is 11.3 Å². The van der Waals surface area contributed by atoms with Crippen molar-refractivity contribution in [1.82, 2.24) is 0 Å². The second kappa shape index (κ2) is 6.34. The largest absolute Gasteiger partial charge is 0.376 e. The molecule has 0 spiro atoms. The highest BCUT2D eigenvalue weighted by Gasteiger charge is 2.30. The molecule has 0 atom stereocenters. The van der Waals surface area contributed by atoms with Crippen molar-refractivity contribution in [3.8, 4) is 0 Å². The van der Waals surface area contributed by atoms with Gasteiger partial charge >= 0.3 is 0 Å². The molecule has 2 aromatic carbocycles. The summed E-state index contributed by atoms with van der Waals surface area (Å²) in [6.45, 7) is 1.45. The average molecular weight is 371 g/mol. The molecule has 0 radical (unpaired) electrons. The van der Waals surface area contributed by atoms with Gasteiger partial charge in [0.25, 0.3) is 15.9 Å². The molecule has 0 amide bonds. The molecule has 1 N–H and O–H groups in total. The number of hydrogen-bond donors (Lipinski definition) is 1. The SMILES string of the molecule is CC(F)(F)c1cc(F)ccc1NS(=O)(=O)c1ccc2c(c1)COCC2. The highest BCUT2D eigenvalue weighted by Crippen LogP contribution is 2.34. The summed E-state index contributed by atoms with van der Waals surface area (Å²) >= 11 is 0. The van der Waals surface area contributed by atoms with Crippen LogP contribution < -0.4 is 4.72 Å². The van der Waals surface area contributed by atoms with Gasteiger partial charge in [-0.25, -0.2) is 21.6 Å². The van der Waals surface area contributed by atoms with Crippen molar-refractivity contribution in [3.63, 3.8) is 0 Å². The number of nitrogens with one attached hydrogen (secondary N) is 1. The van der Waals surface area contributed by atoms with Crippen molar-refractivity contribution < 1.29 is 26.3 Å². The minimum Gasteiger partial charge on any atom is -0.376 e. The van der Waals surface area contributed by atoms with Crippen LogP contribution in [0.2, 0.25) is 0 Å². The predicted molar refractivity (Wildman–Crippen MR) is 86.6 cm³/mol. The van der Waals surface area contributed by atoms with E-state index in [0.29, 0.717) is 32.6 Å². The standard InChI is InChI=1S/C17H16F3NO3S/c1-17(19,20)15-9-13(18)3-5-16(15)21-25(22,23)14-4-2-11-6-7-24-10-12(11)8-14/h2-5,8-9,21H,6-7,10H2,1H3. The monoisotopic (exact) mass is 371 g/mol. The summed E-state index contributed by atoms with van der Waals surface area (Å²) < 4.78 is 73.2. The topological polar surface area (TPSA) is 55.4 Å². The van der Waals surface area contributed by atoms with Crippen LogP contribution in [0.4, 0.5) is 18.9 Å². The fourth-order valence-electron chi connectivity index (χ4n) is 2.68. The first-order valence-corrected chi connectivity index (χ1v) is 9.05. The molecule has 0 aromatic heterocycles. The first kappa shape index (κ1) is 17.8. The number of fused-ring (bicyclic) bond motifs is 1. The third-order valence-electron chi connectivity index (χ3n) is 3.96. The Morgan fingerprint density at radius 3 is 2.60 bits per heavy atom. The Labute approximate surface area is 143 Å². The number of sulfonamides is 1. The molecule has 4 nitrogen and oxygen atoms in total. The van der Waals surface area contributed by atoms with Crippen LogP contribution in [0.5, 0.6) is 0 Å². The minimum absolute atomic E-state index is 0.0635. The maximum atomic E-state index is 13.7. The van der Waals surface area contributed by atoms with E-state index in [4.69, 9.17) is 4.74 Å². The number of anilines is 1. The molecule has 134 valence electrons. The molecule has 1 aliphatic heterocycles. The van der Waals surface area contributed by atoms with Gasteiger partial charge in [-0.05, 0) is 47.9 Å². The lowest BCUT2D eigenvalue weighted by Crippen LogP contribution is -2.19. The zero-order chi connectivity index (χ0) is 18.2. The van der Waals surface area contributed by atoms with E-state index in [0.717, 1.165) is 23.3 Å². The Kier molecular flexibility index (Phi) is 4.51. The lowest BCUT2D eigenvalue weighted by atomic mass is 10.0. The van der Waals surface area contributed by atoms with Gasteiger partial charge in [-0.1, -0.05) is 6.07 Å². The lowest BCUT2D eigenvalue weighted by molar-refractivity contribution is 0.0180. The van der Waals surface area contributed by atoms with E-state index < -0.39 is 27.3 Å². The third-order valence-corrected chi connectivity index (χ3v) is 5.32. The van der Waals surface area contributed by atoms with Crippen LogP contribution in [-0.4, -0.2) is 15.0 Å². The fraction of sp³-hybridized carbons (Fsp3) is 0.294. The molecular formula is C17H16F3NO3S. The number of halogens is 3. The van der Waals surface area contributed by atoms with Gasteiger partial charge in [0.15, 0.2) is 0 Å². The molecular weight excluding hydrogens is 355 g/mol. The van der Waals surface area contributed by atoms with E-state index in [2.05, 4.69) is 4.72 Å². The van der Waals surface area contributed by atoms with E-state index in [1.165, 1.54) is 12.1 Å². The summed E-state index contributed by atoms with van der Waals surface area (Å²) in [5.41, 5.74) is 0.655. The van der Waals surface area contributed by atoms with E-state index in [-0.39, 0.29) is 10.6 Å². The molecule has 1 aliphatic rings. The maximum Gasteiger partial charge on any atom is 0.272 e. The van der Waals surface area contributed by atoms with Crippen LogP contribution >= 0.6 is 0 Å². The van der Waals surface area contributed by atoms with E-state index in [1.807, 2.05) is 0 Å². The lowest BCUT2D eigenvalue weighted by Gasteiger charge is -2.19. The Hall–Kier alpha value is -2.06. The van der Waals surface area contributed by atoms with Gasteiger partial charge in [-0.2, -0.15) is 0 Å². The molecule has 2 aromatic rings. The zero-order valence-electron chi connectivity index (χ0n) is 13.4. The molecule has 0 bridgehead atoms. The normalized spacial score (nSPS) is 14.9. The van der Waals surface area contributed by atoms with Crippen molar-refractivity contribution in [2.24, 2.45) is 0 Å². The average Bonchev–Trinajstić information content (AvgIpc) is 2.55. The van der Waals surface area contributed by atoms with Gasteiger partial charge in [0.05, 0.1) is 23.8 Å².